The molecule has 1 saturated carbocycles. The van der Waals surface area contributed by atoms with Gasteiger partial charge >= 0.3 is 0 Å². The van der Waals surface area contributed by atoms with Gasteiger partial charge in [-0.2, -0.15) is 0 Å². The molecule has 2 aliphatic rings. The monoisotopic (exact) mass is 462 g/mol. The first-order valence-electron chi connectivity index (χ1n) is 13.1. The van der Waals surface area contributed by atoms with E-state index in [9.17, 15) is 4.79 Å². The van der Waals surface area contributed by atoms with Crippen LogP contribution in [0.15, 0.2) is 30.7 Å². The summed E-state index contributed by atoms with van der Waals surface area (Å²) in [6.07, 6.45) is 12.0. The Morgan fingerprint density at radius 3 is 2.94 bits per heavy atom. The molecule has 2 fully saturated rings. The summed E-state index contributed by atoms with van der Waals surface area (Å²) in [6.45, 7) is 9.26. The van der Waals surface area contributed by atoms with Crippen molar-refractivity contribution in [3.05, 3.63) is 36.3 Å². The molecule has 4 atom stereocenters. The number of hydrogen-bond acceptors (Lipinski definition) is 5. The van der Waals surface area contributed by atoms with Gasteiger partial charge in [0.25, 0.3) is 0 Å². The maximum absolute atomic E-state index is 13.0. The molecular formula is C28H38N4O2. The molecule has 0 radical (unpaired) electrons. The number of ketones is 1. The quantitative estimate of drug-likeness (QED) is 0.503. The third kappa shape index (κ3) is 4.63. The molecule has 34 heavy (non-hydrogen) atoms. The molecule has 0 bridgehead atoms. The maximum atomic E-state index is 13.0. The first-order chi connectivity index (χ1) is 16.5. The lowest BCUT2D eigenvalue weighted by Crippen LogP contribution is -2.52. The number of likely N-dealkylation sites (tertiary alicyclic amines) is 1. The number of nitrogens with zero attached hydrogens (tertiary/aromatic N) is 3. The lowest BCUT2D eigenvalue weighted by atomic mass is 9.72. The smallest absolute Gasteiger partial charge is 0.159 e. The molecule has 0 amide bonds. The fraction of sp³-hybridized carbons (Fsp3) is 0.607. The Labute approximate surface area is 202 Å². The van der Waals surface area contributed by atoms with Gasteiger partial charge in [0.05, 0.1) is 17.8 Å². The second kappa shape index (κ2) is 10.1. The lowest BCUT2D eigenvalue weighted by Gasteiger charge is -2.45. The summed E-state index contributed by atoms with van der Waals surface area (Å²) in [4.78, 5) is 28.0. The van der Waals surface area contributed by atoms with Crippen LogP contribution in [0, 0.1) is 11.8 Å². The van der Waals surface area contributed by atoms with Crippen LogP contribution in [-0.2, 0) is 9.53 Å². The SMILES string of the molecule is CCC(=O)C1CCC(c2cc[nH]c3cnc4nccc4c23)CC1N1CCCC(OCC(C)C)C1. The van der Waals surface area contributed by atoms with Gasteiger partial charge in [-0.05, 0) is 68.2 Å². The second-order valence-corrected chi connectivity index (χ2v) is 10.7. The van der Waals surface area contributed by atoms with Crippen molar-refractivity contribution < 1.29 is 9.53 Å². The number of fused-ring (bicyclic) bond motifs is 3. The summed E-state index contributed by atoms with van der Waals surface area (Å²) in [5.41, 5.74) is 3.23. The molecule has 1 N–H and O–H groups in total. The number of carbonyl (C=O) groups excluding carboxylic acids is 1. The number of nitrogens with one attached hydrogen (secondary N) is 1. The standard InChI is InChI=1S/C28H38N4O2/c1-4-26(33)22-8-7-19(14-25(22)32-13-5-6-20(16-32)34-17-18(2)3)21-9-11-29-24-15-31-28-23(27(21)24)10-12-30-28/h9-12,15,18-20,22,25,29H,4-8,13-14,16-17H2,1-3H3. The summed E-state index contributed by atoms with van der Waals surface area (Å²) in [5, 5.41) is 2.36. The van der Waals surface area contributed by atoms with E-state index >= 15 is 0 Å². The molecule has 5 rings (SSSR count). The van der Waals surface area contributed by atoms with Crippen LogP contribution < -0.4 is 0 Å². The zero-order valence-electron chi connectivity index (χ0n) is 20.8. The topological polar surface area (TPSA) is 71.1 Å². The van der Waals surface area contributed by atoms with E-state index in [0.717, 1.165) is 68.4 Å². The molecule has 6 heteroatoms. The van der Waals surface area contributed by atoms with Gasteiger partial charge in [-0.1, -0.05) is 20.8 Å². The number of aromatic amines is 1. The average Bonchev–Trinajstić information content (AvgIpc) is 3.36. The Bertz CT molecular complexity index is 1140. The van der Waals surface area contributed by atoms with Gasteiger partial charge in [0.1, 0.15) is 5.78 Å². The highest BCUT2D eigenvalue weighted by Crippen LogP contribution is 2.42. The van der Waals surface area contributed by atoms with E-state index in [1.165, 1.54) is 10.9 Å². The van der Waals surface area contributed by atoms with Gasteiger partial charge in [0.15, 0.2) is 5.65 Å². The fourth-order valence-electron chi connectivity index (χ4n) is 6.23. The van der Waals surface area contributed by atoms with Gasteiger partial charge in [-0.15, -0.1) is 0 Å². The molecular weight excluding hydrogens is 424 g/mol. The third-order valence-corrected chi connectivity index (χ3v) is 7.89. The average molecular weight is 463 g/mol. The lowest BCUT2D eigenvalue weighted by molar-refractivity contribution is -0.127. The summed E-state index contributed by atoms with van der Waals surface area (Å²) in [6, 6.07) is 4.60. The van der Waals surface area contributed by atoms with Gasteiger partial charge < -0.3 is 9.72 Å². The number of hydrogen-bond donors (Lipinski definition) is 1. The van der Waals surface area contributed by atoms with E-state index in [1.807, 2.05) is 25.5 Å². The van der Waals surface area contributed by atoms with E-state index in [4.69, 9.17) is 4.74 Å². The molecule has 0 aromatic carbocycles. The first-order valence-corrected chi connectivity index (χ1v) is 13.1. The molecule has 1 aliphatic carbocycles. The number of ether oxygens (including phenoxy) is 1. The van der Waals surface area contributed by atoms with E-state index in [0.29, 0.717) is 24.0 Å². The van der Waals surface area contributed by atoms with Crippen LogP contribution in [0.1, 0.15) is 70.8 Å². The molecule has 182 valence electrons. The van der Waals surface area contributed by atoms with Crippen molar-refractivity contribution in [3.63, 3.8) is 0 Å². The minimum absolute atomic E-state index is 0.133. The Kier molecular flexibility index (Phi) is 6.98. The second-order valence-electron chi connectivity index (χ2n) is 10.7. The Balaban J connectivity index is 1.44. The molecule has 1 aliphatic heterocycles. The van der Waals surface area contributed by atoms with Crippen molar-refractivity contribution in [2.45, 2.75) is 77.4 Å². The summed E-state index contributed by atoms with van der Waals surface area (Å²) in [5.74, 6) is 1.52. The summed E-state index contributed by atoms with van der Waals surface area (Å²) in [7, 11) is 0. The molecule has 3 aromatic rings. The molecule has 6 nitrogen and oxygen atoms in total. The van der Waals surface area contributed by atoms with E-state index in [2.05, 4.69) is 45.8 Å². The van der Waals surface area contributed by atoms with Gasteiger partial charge in [-0.3, -0.25) is 9.69 Å². The maximum Gasteiger partial charge on any atom is 0.159 e. The zero-order valence-corrected chi connectivity index (χ0v) is 20.8. The van der Waals surface area contributed by atoms with Crippen molar-refractivity contribution >= 4 is 27.7 Å². The van der Waals surface area contributed by atoms with E-state index < -0.39 is 0 Å². The van der Waals surface area contributed by atoms with E-state index in [1.54, 1.807) is 0 Å². The minimum atomic E-state index is 0.133. The zero-order chi connectivity index (χ0) is 23.7. The van der Waals surface area contributed by atoms with Crippen LogP contribution in [0.4, 0.5) is 0 Å². The van der Waals surface area contributed by atoms with Crippen molar-refractivity contribution in [1.29, 1.82) is 0 Å². The van der Waals surface area contributed by atoms with Crippen molar-refractivity contribution in [2.75, 3.05) is 19.7 Å². The highest BCUT2D eigenvalue weighted by Gasteiger charge is 2.40. The van der Waals surface area contributed by atoms with Crippen LogP contribution in [0.5, 0.6) is 0 Å². The number of aromatic nitrogens is 3. The van der Waals surface area contributed by atoms with Gasteiger partial charge in [-0.25, -0.2) is 9.97 Å². The number of carbonyl (C=O) groups is 1. The third-order valence-electron chi connectivity index (χ3n) is 7.89. The number of H-pyrrole nitrogens is 1. The first kappa shape index (κ1) is 23.4. The van der Waals surface area contributed by atoms with Crippen LogP contribution >= 0.6 is 0 Å². The summed E-state index contributed by atoms with van der Waals surface area (Å²) >= 11 is 0. The van der Waals surface area contributed by atoms with Crippen LogP contribution in [0.25, 0.3) is 21.9 Å². The van der Waals surface area contributed by atoms with Crippen molar-refractivity contribution in [2.24, 2.45) is 11.8 Å². The predicted octanol–water partition coefficient (Wildman–Crippen LogP) is 5.48. The normalized spacial score (nSPS) is 26.5. The Morgan fingerprint density at radius 1 is 1.24 bits per heavy atom. The number of Topliss-reactive ketones (excluding diaryl/α,β-unsaturated/α-hetero) is 1. The van der Waals surface area contributed by atoms with E-state index in [-0.39, 0.29) is 18.1 Å². The molecule has 1 saturated heterocycles. The Morgan fingerprint density at radius 2 is 2.12 bits per heavy atom. The number of rotatable bonds is 7. The van der Waals surface area contributed by atoms with Crippen LogP contribution in [0.3, 0.4) is 0 Å². The van der Waals surface area contributed by atoms with Gasteiger partial charge in [0, 0.05) is 54.7 Å². The summed E-state index contributed by atoms with van der Waals surface area (Å²) < 4.78 is 6.25. The van der Waals surface area contributed by atoms with Crippen LogP contribution in [-0.4, -0.2) is 57.5 Å². The number of piperidine rings is 1. The molecule has 4 unspecified atom stereocenters. The molecule has 0 spiro atoms. The number of pyridine rings is 2. The highest BCUT2D eigenvalue weighted by molar-refractivity contribution is 6.05. The fourth-order valence-corrected chi connectivity index (χ4v) is 6.23. The Hall–Kier alpha value is -2.31. The van der Waals surface area contributed by atoms with Gasteiger partial charge in [0.2, 0.25) is 0 Å². The van der Waals surface area contributed by atoms with Crippen molar-refractivity contribution in [3.8, 4) is 0 Å². The highest BCUT2D eigenvalue weighted by atomic mass is 16.5. The molecule has 4 heterocycles. The minimum Gasteiger partial charge on any atom is -0.377 e. The molecule has 3 aromatic heterocycles. The van der Waals surface area contributed by atoms with Crippen LogP contribution in [0.2, 0.25) is 0 Å². The largest absolute Gasteiger partial charge is 0.377 e. The predicted molar refractivity (Wildman–Crippen MR) is 136 cm³/mol. The van der Waals surface area contributed by atoms with Crippen molar-refractivity contribution in [1.82, 2.24) is 19.9 Å².